The van der Waals surface area contributed by atoms with Gasteiger partial charge in [-0.05, 0) is 372 Å². The number of aryl methyl sites for hydroxylation is 7. The van der Waals surface area contributed by atoms with E-state index in [2.05, 4.69) is 195 Å². The summed E-state index contributed by atoms with van der Waals surface area (Å²) in [6, 6.07) is 97.5. The highest BCUT2D eigenvalue weighted by Gasteiger charge is 2.56. The zero-order valence-electron chi connectivity index (χ0n) is 90.4. The maximum atomic E-state index is 15.1. The van der Waals surface area contributed by atoms with E-state index in [0.29, 0.717) is 48.8 Å². The highest BCUT2D eigenvalue weighted by Crippen LogP contribution is 2.58. The summed E-state index contributed by atoms with van der Waals surface area (Å²) in [4.78, 5) is 77.8. The Morgan fingerprint density at radius 1 is 0.221 bits per heavy atom. The summed E-state index contributed by atoms with van der Waals surface area (Å²) in [6.45, 7) is 55.3. The summed E-state index contributed by atoms with van der Waals surface area (Å²) in [5, 5.41) is 1.68. The van der Waals surface area contributed by atoms with Gasteiger partial charge in [-0.25, -0.2) is 17.6 Å². The molecule has 0 aliphatic carbocycles. The Morgan fingerprint density at radius 3 is 0.866 bits per heavy atom. The first-order valence-corrected chi connectivity index (χ1v) is 51.9. The number of carbonyl (C=O) groups is 5. The van der Waals surface area contributed by atoms with Gasteiger partial charge in [0.25, 0.3) is 0 Å². The van der Waals surface area contributed by atoms with E-state index >= 15 is 4.39 Å². The number of hydrogen-bond acceptors (Lipinski definition) is 5. The minimum Gasteiger partial charge on any atom is -0.280 e. The van der Waals surface area contributed by atoms with Crippen LogP contribution < -0.4 is 24.5 Å². The van der Waals surface area contributed by atoms with Crippen LogP contribution >= 0.6 is 34.8 Å². The van der Waals surface area contributed by atoms with E-state index in [9.17, 15) is 37.1 Å². The molecule has 15 aromatic carbocycles. The van der Waals surface area contributed by atoms with Crippen molar-refractivity contribution in [2.45, 2.75) is 241 Å². The number of amides is 5. The van der Waals surface area contributed by atoms with Gasteiger partial charge in [0, 0.05) is 26.4 Å². The van der Waals surface area contributed by atoms with Crippen molar-refractivity contribution in [3.05, 3.63) is 470 Å². The van der Waals surface area contributed by atoms with Gasteiger partial charge in [0.2, 0.25) is 29.5 Å². The lowest BCUT2D eigenvalue weighted by molar-refractivity contribution is -0.121. The Bertz CT molecular complexity index is 7800. The first kappa shape index (κ1) is 108. The van der Waals surface area contributed by atoms with Crippen molar-refractivity contribution in [1.82, 2.24) is 0 Å². The van der Waals surface area contributed by atoms with Crippen LogP contribution in [0.2, 0.25) is 15.1 Å². The first-order chi connectivity index (χ1) is 69.7. The molecule has 5 unspecified atom stereocenters. The maximum absolute atomic E-state index is 15.1. The second kappa shape index (κ2) is 40.0. The van der Waals surface area contributed by atoms with Crippen molar-refractivity contribution >= 4 is 121 Å². The Morgan fingerprint density at radius 2 is 0.523 bits per heavy atom. The van der Waals surface area contributed by atoms with Crippen LogP contribution in [0.5, 0.6) is 0 Å². The van der Waals surface area contributed by atoms with E-state index in [4.69, 9.17) is 34.8 Å². The minimum atomic E-state index is -0.965. The van der Waals surface area contributed by atoms with Crippen LogP contribution in [0.15, 0.2) is 309 Å². The SMILES string of the molecule is Cc1cc(F)cc(N2C(=O)C(C)(c3ccc(C(C)(C)C)cc3)c3cc(Cl)ccc32)c1.Cc1ccc(F)c(N2C(=O)C(C)(c3ccc(C(C)(C)C)cc3)c3cc(Cl)ccc32)c1.Cc1ccc(N2C(=O)C(C)(c3ccc(C(C)(C)C)cc3)c3cc(Cl)ccc32)cc1F.Cc1cccc(N2C(=O)C(C)(c3ccc(C(C)(C)C)c(F)c3)c3ccc(C)cc32)c1.Cc1cccc(N2C(=O)C(C)(c3ccc(C(C)(C)C)cc3)c3ccc(C)cc32)c1. The third-order valence-corrected chi connectivity index (χ3v) is 31.2. The summed E-state index contributed by atoms with van der Waals surface area (Å²) in [7, 11) is 0. The molecular weight excluding hydrogens is 1920 g/mol. The normalized spacial score (nSPS) is 18.7. The number of halogens is 7. The third-order valence-electron chi connectivity index (χ3n) is 30.5. The summed E-state index contributed by atoms with van der Waals surface area (Å²) in [5.41, 5.74) is 23.3. The van der Waals surface area contributed by atoms with Crippen LogP contribution in [0.3, 0.4) is 0 Å². The number of fused-ring (bicyclic) bond motifs is 5. The Balaban J connectivity index is 0.000000133. The van der Waals surface area contributed by atoms with Crippen LogP contribution in [0.25, 0.3) is 0 Å². The van der Waals surface area contributed by atoms with Crippen LogP contribution in [0.4, 0.5) is 74.4 Å². The van der Waals surface area contributed by atoms with Crippen molar-refractivity contribution in [3.63, 3.8) is 0 Å². The van der Waals surface area contributed by atoms with Gasteiger partial charge < -0.3 is 0 Å². The van der Waals surface area contributed by atoms with Crippen molar-refractivity contribution in [1.29, 1.82) is 0 Å². The molecule has 0 bridgehead atoms. The van der Waals surface area contributed by atoms with E-state index in [1.807, 2.05) is 221 Å². The number of carbonyl (C=O) groups excluding carboxylic acids is 5. The molecule has 0 N–H and O–H groups in total. The number of hydrogen-bond donors (Lipinski definition) is 0. The van der Waals surface area contributed by atoms with Crippen LogP contribution in [0.1, 0.15) is 261 Å². The zero-order valence-corrected chi connectivity index (χ0v) is 92.6. The molecule has 764 valence electrons. The molecule has 0 radical (unpaired) electrons. The lowest BCUT2D eigenvalue weighted by Crippen LogP contribution is -2.37. The lowest BCUT2D eigenvalue weighted by Gasteiger charge is -2.27. The molecule has 149 heavy (non-hydrogen) atoms. The Labute approximate surface area is 892 Å². The number of nitrogens with zero attached hydrogens (tertiary/aromatic N) is 5. The molecule has 5 aliphatic rings. The number of anilines is 10. The average molecular weight is 2050 g/mol. The summed E-state index contributed by atoms with van der Waals surface area (Å²) >= 11 is 19.0. The van der Waals surface area contributed by atoms with E-state index in [1.54, 1.807) is 76.2 Å². The molecule has 15 aromatic rings. The highest BCUT2D eigenvalue weighted by molar-refractivity contribution is 6.32. The van der Waals surface area contributed by atoms with Gasteiger partial charge in [0.05, 0.1) is 72.6 Å². The molecule has 10 nitrogen and oxygen atoms in total. The Kier molecular flexibility index (Phi) is 28.9. The van der Waals surface area contributed by atoms with E-state index in [1.165, 1.54) is 51.4 Å². The molecule has 0 aromatic heterocycles. The van der Waals surface area contributed by atoms with Crippen molar-refractivity contribution in [2.75, 3.05) is 24.5 Å². The van der Waals surface area contributed by atoms with Crippen molar-refractivity contribution in [3.8, 4) is 0 Å². The molecule has 5 atom stereocenters. The average Bonchev–Trinajstić information content (AvgIpc) is 1.59. The summed E-state index contributed by atoms with van der Waals surface area (Å²) in [6.07, 6.45) is 0. The second-order valence-corrected chi connectivity index (χ2v) is 48.0. The van der Waals surface area contributed by atoms with Crippen molar-refractivity contribution < 1.29 is 41.5 Å². The predicted octanol–water partition coefficient (Wildman–Crippen LogP) is 34.5. The first-order valence-electron chi connectivity index (χ1n) is 50.8. The molecule has 5 heterocycles. The standard InChI is InChI=1S/C27H28FNO.C27H29NO.3C26H25ClFNO/c1-17-8-7-9-20(14-17)29-24-15-18(2)10-12-22(24)27(6,25(29)30)19-11-13-21(23(28)16-19)26(3,4)5;1-18-8-7-9-22(16-18)28-24-17-19(2)10-15-23(24)27(6,25(28)29)21-13-11-20(12-14-21)26(3,4)5;1-16-6-12-20(15-22(16)28)29-23-13-11-19(27)14-21(23)26(5,24(29)30)18-9-7-17(8-10-18)25(2,3)4;1-16-6-12-21(28)23(14-16)29-22-13-11-19(27)15-20(22)26(5,24(29)30)18-9-7-17(8-10-18)25(2,3)4;1-16-12-20(28)15-21(13-16)29-23-11-10-19(27)14-22(23)26(5,24(29)30)18-8-6-17(7-9-18)25(2,3)4/h7-16H,1-6H3;7-17H,1-6H3;3*6-15H,1-5H3. The fourth-order valence-corrected chi connectivity index (χ4v) is 21.8. The third kappa shape index (κ3) is 20.0. The Hall–Kier alpha value is -13.8. The second-order valence-electron chi connectivity index (χ2n) is 46.7. The molecule has 17 heteroatoms. The van der Waals surface area contributed by atoms with Crippen LogP contribution in [0, 0.1) is 71.7 Å². The minimum absolute atomic E-state index is 0.0110. The fraction of sp³-hybridized carbons (Fsp3) is 0.280. The molecule has 5 aliphatic heterocycles. The van der Waals surface area contributed by atoms with E-state index in [-0.39, 0.29) is 79.7 Å². The summed E-state index contributed by atoms with van der Waals surface area (Å²) in [5.74, 6) is -1.77. The number of benzene rings is 15. The van der Waals surface area contributed by atoms with Gasteiger partial charge in [-0.15, -0.1) is 0 Å². The molecule has 5 amide bonds. The van der Waals surface area contributed by atoms with Crippen molar-refractivity contribution in [2.24, 2.45) is 0 Å². The van der Waals surface area contributed by atoms with Crippen LogP contribution in [-0.4, -0.2) is 29.5 Å². The topological polar surface area (TPSA) is 102 Å². The van der Waals surface area contributed by atoms with Gasteiger partial charge >= 0.3 is 0 Å². The van der Waals surface area contributed by atoms with Crippen LogP contribution in [-0.2, 0) is 78.1 Å². The predicted molar refractivity (Wildman–Crippen MR) is 606 cm³/mol. The van der Waals surface area contributed by atoms with Gasteiger partial charge in [-0.3, -0.25) is 48.5 Å². The largest absolute Gasteiger partial charge is 0.280 e. The molecule has 0 saturated carbocycles. The molecule has 20 rings (SSSR count). The quantitative estimate of drug-likeness (QED) is 0.127. The molecule has 0 spiro atoms. The van der Waals surface area contributed by atoms with Gasteiger partial charge in [-0.2, -0.15) is 0 Å². The maximum Gasteiger partial charge on any atom is 0.246 e. The van der Waals surface area contributed by atoms with E-state index < -0.39 is 32.9 Å². The molecule has 0 fully saturated rings. The smallest absolute Gasteiger partial charge is 0.246 e. The van der Waals surface area contributed by atoms with E-state index in [0.717, 1.165) is 118 Å². The van der Waals surface area contributed by atoms with Gasteiger partial charge in [0.1, 0.15) is 23.3 Å². The fourth-order valence-electron chi connectivity index (χ4n) is 21.3. The van der Waals surface area contributed by atoms with Gasteiger partial charge in [-0.1, -0.05) is 309 Å². The monoisotopic (exact) mass is 2050 g/mol. The summed E-state index contributed by atoms with van der Waals surface area (Å²) < 4.78 is 58.3. The van der Waals surface area contributed by atoms with Gasteiger partial charge in [0.15, 0.2) is 0 Å². The zero-order chi connectivity index (χ0) is 108. The molecule has 0 saturated heterocycles. The number of rotatable bonds is 10. The highest BCUT2D eigenvalue weighted by atomic mass is 35.5. The molecular formula is C132H132Cl3F4N5O5. The lowest BCUT2D eigenvalue weighted by atomic mass is 9.75.